The third kappa shape index (κ3) is 5.19. The molecular formula is C16H27NO. The van der Waals surface area contributed by atoms with Crippen LogP contribution in [0.15, 0.2) is 24.3 Å². The van der Waals surface area contributed by atoms with E-state index in [1.807, 2.05) is 0 Å². The largest absolute Gasteiger partial charge is 0.396 e. The normalized spacial score (nSPS) is 12.6. The summed E-state index contributed by atoms with van der Waals surface area (Å²) in [6, 6.07) is 9.41. The molecule has 0 heterocycles. The van der Waals surface area contributed by atoms with E-state index >= 15 is 0 Å². The van der Waals surface area contributed by atoms with E-state index in [2.05, 4.69) is 43.4 Å². The van der Waals surface area contributed by atoms with Gasteiger partial charge in [-0.25, -0.2) is 0 Å². The molecule has 1 unspecified atom stereocenters. The Kier molecular flexibility index (Phi) is 7.70. The Hall–Kier alpha value is -0.860. The summed E-state index contributed by atoms with van der Waals surface area (Å²) in [5.41, 5.74) is 2.79. The van der Waals surface area contributed by atoms with Gasteiger partial charge in [-0.3, -0.25) is 0 Å². The zero-order chi connectivity index (χ0) is 13.2. The maximum atomic E-state index is 8.73. The van der Waals surface area contributed by atoms with Crippen molar-refractivity contribution in [2.45, 2.75) is 52.0 Å². The summed E-state index contributed by atoms with van der Waals surface area (Å²) >= 11 is 0. The number of unbranched alkanes of at least 4 members (excludes halogenated alkanes) is 2. The van der Waals surface area contributed by atoms with Gasteiger partial charge in [0, 0.05) is 12.6 Å². The van der Waals surface area contributed by atoms with Crippen LogP contribution in [0.4, 0.5) is 0 Å². The zero-order valence-corrected chi connectivity index (χ0v) is 11.8. The topological polar surface area (TPSA) is 32.3 Å². The van der Waals surface area contributed by atoms with Crippen molar-refractivity contribution < 1.29 is 5.11 Å². The summed E-state index contributed by atoms with van der Waals surface area (Å²) in [4.78, 5) is 0. The highest BCUT2D eigenvalue weighted by atomic mass is 16.2. The fourth-order valence-corrected chi connectivity index (χ4v) is 2.17. The second-order valence-corrected chi connectivity index (χ2v) is 4.79. The van der Waals surface area contributed by atoms with Crippen LogP contribution in [0.3, 0.4) is 0 Å². The van der Waals surface area contributed by atoms with E-state index in [9.17, 15) is 0 Å². The minimum Gasteiger partial charge on any atom is -0.396 e. The SMILES string of the molecule is CCc1ccc(C(CC)NCCCCCO)cc1. The summed E-state index contributed by atoms with van der Waals surface area (Å²) in [6.45, 7) is 5.76. The van der Waals surface area contributed by atoms with Crippen LogP contribution < -0.4 is 5.32 Å². The van der Waals surface area contributed by atoms with E-state index in [0.717, 1.165) is 38.6 Å². The molecule has 1 aromatic carbocycles. The molecule has 1 rings (SSSR count). The molecule has 0 amide bonds. The molecular weight excluding hydrogens is 222 g/mol. The molecule has 2 heteroatoms. The fourth-order valence-electron chi connectivity index (χ4n) is 2.17. The van der Waals surface area contributed by atoms with Crippen LogP contribution in [0.25, 0.3) is 0 Å². The van der Waals surface area contributed by atoms with Gasteiger partial charge in [0.25, 0.3) is 0 Å². The zero-order valence-electron chi connectivity index (χ0n) is 11.8. The van der Waals surface area contributed by atoms with Crippen molar-refractivity contribution in [3.8, 4) is 0 Å². The Balaban J connectivity index is 2.39. The van der Waals surface area contributed by atoms with Gasteiger partial charge in [0.1, 0.15) is 0 Å². The summed E-state index contributed by atoms with van der Waals surface area (Å²) < 4.78 is 0. The van der Waals surface area contributed by atoms with Crippen molar-refractivity contribution in [2.75, 3.05) is 13.2 Å². The summed E-state index contributed by atoms with van der Waals surface area (Å²) in [5, 5.41) is 12.3. The molecule has 0 fully saturated rings. The molecule has 0 bridgehead atoms. The number of benzene rings is 1. The van der Waals surface area contributed by atoms with Crippen LogP contribution in [-0.2, 0) is 6.42 Å². The molecule has 0 aliphatic rings. The first kappa shape index (κ1) is 15.2. The van der Waals surface area contributed by atoms with Crippen LogP contribution >= 0.6 is 0 Å². The second kappa shape index (κ2) is 9.12. The lowest BCUT2D eigenvalue weighted by molar-refractivity contribution is 0.282. The quantitative estimate of drug-likeness (QED) is 0.657. The molecule has 0 aromatic heterocycles. The van der Waals surface area contributed by atoms with Crippen molar-refractivity contribution >= 4 is 0 Å². The van der Waals surface area contributed by atoms with E-state index in [0.29, 0.717) is 12.6 Å². The Bertz CT molecular complexity index is 307. The van der Waals surface area contributed by atoms with Crippen molar-refractivity contribution in [2.24, 2.45) is 0 Å². The molecule has 0 aliphatic heterocycles. The Morgan fingerprint density at radius 2 is 1.78 bits per heavy atom. The lowest BCUT2D eigenvalue weighted by Gasteiger charge is -2.17. The van der Waals surface area contributed by atoms with E-state index in [1.165, 1.54) is 11.1 Å². The van der Waals surface area contributed by atoms with Crippen molar-refractivity contribution in [3.63, 3.8) is 0 Å². The molecule has 2 nitrogen and oxygen atoms in total. The Morgan fingerprint density at radius 1 is 1.06 bits per heavy atom. The lowest BCUT2D eigenvalue weighted by Crippen LogP contribution is -2.21. The van der Waals surface area contributed by atoms with E-state index in [4.69, 9.17) is 5.11 Å². The number of hydrogen-bond donors (Lipinski definition) is 2. The molecule has 0 saturated carbocycles. The number of aliphatic hydroxyl groups is 1. The van der Waals surface area contributed by atoms with E-state index < -0.39 is 0 Å². The van der Waals surface area contributed by atoms with Crippen LogP contribution in [-0.4, -0.2) is 18.3 Å². The van der Waals surface area contributed by atoms with Gasteiger partial charge < -0.3 is 10.4 Å². The Labute approximate surface area is 111 Å². The smallest absolute Gasteiger partial charge is 0.0431 e. The van der Waals surface area contributed by atoms with Gasteiger partial charge in [-0.15, -0.1) is 0 Å². The number of nitrogens with one attached hydrogen (secondary N) is 1. The number of hydrogen-bond acceptors (Lipinski definition) is 2. The average molecular weight is 249 g/mol. The third-order valence-corrected chi connectivity index (χ3v) is 3.42. The molecule has 0 saturated heterocycles. The Morgan fingerprint density at radius 3 is 2.33 bits per heavy atom. The van der Waals surface area contributed by atoms with Crippen LogP contribution in [0, 0.1) is 0 Å². The molecule has 1 atom stereocenters. The molecule has 102 valence electrons. The standard InChI is InChI=1S/C16H27NO/c1-3-14-8-10-15(11-9-14)16(4-2)17-12-6-5-7-13-18/h8-11,16-18H,3-7,12-13H2,1-2H3. The molecule has 0 aliphatic carbocycles. The number of aryl methyl sites for hydroxylation is 1. The van der Waals surface area contributed by atoms with E-state index in [1.54, 1.807) is 0 Å². The molecule has 2 N–H and O–H groups in total. The van der Waals surface area contributed by atoms with Crippen molar-refractivity contribution in [1.82, 2.24) is 5.32 Å². The third-order valence-electron chi connectivity index (χ3n) is 3.42. The first-order valence-corrected chi connectivity index (χ1v) is 7.24. The van der Waals surface area contributed by atoms with Gasteiger partial charge in [0.05, 0.1) is 0 Å². The summed E-state index contributed by atoms with van der Waals surface area (Å²) in [6.07, 6.45) is 5.39. The van der Waals surface area contributed by atoms with Gasteiger partial charge in [-0.1, -0.05) is 38.1 Å². The fraction of sp³-hybridized carbons (Fsp3) is 0.625. The van der Waals surface area contributed by atoms with Crippen molar-refractivity contribution in [3.05, 3.63) is 35.4 Å². The second-order valence-electron chi connectivity index (χ2n) is 4.79. The van der Waals surface area contributed by atoms with Crippen LogP contribution in [0.1, 0.15) is 56.7 Å². The first-order chi connectivity index (χ1) is 8.81. The average Bonchev–Trinajstić information content (AvgIpc) is 2.43. The van der Waals surface area contributed by atoms with Gasteiger partial charge in [-0.2, -0.15) is 0 Å². The number of rotatable bonds is 9. The summed E-state index contributed by atoms with van der Waals surface area (Å²) in [5.74, 6) is 0. The molecule has 0 spiro atoms. The van der Waals surface area contributed by atoms with Gasteiger partial charge in [0.2, 0.25) is 0 Å². The minimum atomic E-state index is 0.315. The van der Waals surface area contributed by atoms with Gasteiger partial charge in [-0.05, 0) is 49.8 Å². The van der Waals surface area contributed by atoms with Crippen LogP contribution in [0.5, 0.6) is 0 Å². The predicted octanol–water partition coefficient (Wildman–Crippen LogP) is 3.45. The maximum Gasteiger partial charge on any atom is 0.0431 e. The number of aliphatic hydroxyl groups excluding tert-OH is 1. The summed E-state index contributed by atoms with van der Waals surface area (Å²) in [7, 11) is 0. The monoisotopic (exact) mass is 249 g/mol. The molecule has 1 aromatic rings. The maximum absolute atomic E-state index is 8.73. The minimum absolute atomic E-state index is 0.315. The van der Waals surface area contributed by atoms with Crippen molar-refractivity contribution in [1.29, 1.82) is 0 Å². The molecule has 0 radical (unpaired) electrons. The highest BCUT2D eigenvalue weighted by Crippen LogP contribution is 2.17. The first-order valence-electron chi connectivity index (χ1n) is 7.24. The highest BCUT2D eigenvalue weighted by molar-refractivity contribution is 5.24. The predicted molar refractivity (Wildman–Crippen MR) is 77.8 cm³/mol. The molecule has 18 heavy (non-hydrogen) atoms. The van der Waals surface area contributed by atoms with Crippen LogP contribution in [0.2, 0.25) is 0 Å². The lowest BCUT2D eigenvalue weighted by atomic mass is 10.0. The van der Waals surface area contributed by atoms with Gasteiger partial charge in [0.15, 0.2) is 0 Å². The van der Waals surface area contributed by atoms with Gasteiger partial charge >= 0.3 is 0 Å². The van der Waals surface area contributed by atoms with E-state index in [-0.39, 0.29) is 0 Å². The highest BCUT2D eigenvalue weighted by Gasteiger charge is 2.07.